The Labute approximate surface area is 118 Å². The van der Waals surface area contributed by atoms with Crippen LogP contribution in [-0.2, 0) is 13.0 Å². The van der Waals surface area contributed by atoms with Crippen LogP contribution >= 0.6 is 12.2 Å². The Morgan fingerprint density at radius 3 is 2.53 bits per heavy atom. The maximum absolute atomic E-state index is 5.52. The van der Waals surface area contributed by atoms with Crippen molar-refractivity contribution in [1.82, 2.24) is 4.98 Å². The highest BCUT2D eigenvalue weighted by Crippen LogP contribution is 2.13. The summed E-state index contributed by atoms with van der Waals surface area (Å²) in [7, 11) is 0. The van der Waals surface area contributed by atoms with E-state index in [1.165, 1.54) is 11.1 Å². The summed E-state index contributed by atoms with van der Waals surface area (Å²) in [5, 5.41) is 3.36. The lowest BCUT2D eigenvalue weighted by molar-refractivity contribution is 1.04. The number of hydrogen-bond donors (Lipinski definition) is 2. The van der Waals surface area contributed by atoms with E-state index >= 15 is 0 Å². The molecule has 3 N–H and O–H groups in total. The lowest BCUT2D eigenvalue weighted by Gasteiger charge is -2.10. The molecule has 0 unspecified atom stereocenters. The first-order valence-corrected chi connectivity index (χ1v) is 6.68. The molecule has 0 fully saturated rings. The Kier molecular flexibility index (Phi) is 4.47. The second-order valence-electron chi connectivity index (χ2n) is 4.27. The molecule has 3 nitrogen and oxygen atoms in total. The third-order valence-electron chi connectivity index (χ3n) is 3.00. The van der Waals surface area contributed by atoms with Crippen LogP contribution in [0.25, 0.3) is 0 Å². The molecule has 1 heterocycles. The van der Waals surface area contributed by atoms with Gasteiger partial charge in [0.15, 0.2) is 0 Å². The van der Waals surface area contributed by atoms with Gasteiger partial charge in [-0.05, 0) is 29.7 Å². The molecule has 0 atom stereocenters. The van der Waals surface area contributed by atoms with Crippen LogP contribution in [0.5, 0.6) is 0 Å². The van der Waals surface area contributed by atoms with Crippen LogP contribution in [0.2, 0.25) is 0 Å². The molecule has 19 heavy (non-hydrogen) atoms. The average Bonchev–Trinajstić information content (AvgIpc) is 2.45. The van der Waals surface area contributed by atoms with E-state index in [0.29, 0.717) is 10.7 Å². The maximum atomic E-state index is 5.52. The summed E-state index contributed by atoms with van der Waals surface area (Å²) in [6.45, 7) is 2.95. The summed E-state index contributed by atoms with van der Waals surface area (Å²) in [6.07, 6.45) is 2.79. The van der Waals surface area contributed by atoms with Crippen molar-refractivity contribution in [1.29, 1.82) is 0 Å². The van der Waals surface area contributed by atoms with E-state index < -0.39 is 0 Å². The molecular weight excluding hydrogens is 254 g/mol. The third-order valence-corrected chi connectivity index (χ3v) is 3.21. The SMILES string of the molecule is CCc1ccccc1CNc1ccc(C(N)=S)nc1. The first-order valence-electron chi connectivity index (χ1n) is 6.27. The van der Waals surface area contributed by atoms with Crippen LogP contribution in [0, 0.1) is 0 Å². The largest absolute Gasteiger partial charge is 0.388 e. The highest BCUT2D eigenvalue weighted by atomic mass is 32.1. The van der Waals surface area contributed by atoms with Crippen LogP contribution in [0.15, 0.2) is 42.6 Å². The Balaban J connectivity index is 2.04. The number of benzene rings is 1. The van der Waals surface area contributed by atoms with Crippen LogP contribution in [0.4, 0.5) is 5.69 Å². The summed E-state index contributed by atoms with van der Waals surface area (Å²) >= 11 is 4.87. The van der Waals surface area contributed by atoms with Crippen molar-refractivity contribution < 1.29 is 0 Å². The summed E-state index contributed by atoms with van der Waals surface area (Å²) in [6, 6.07) is 12.2. The van der Waals surface area contributed by atoms with Crippen molar-refractivity contribution >= 4 is 22.9 Å². The van der Waals surface area contributed by atoms with Gasteiger partial charge in [0.05, 0.1) is 17.6 Å². The Morgan fingerprint density at radius 1 is 1.21 bits per heavy atom. The average molecular weight is 271 g/mol. The van der Waals surface area contributed by atoms with Crippen molar-refractivity contribution in [3.8, 4) is 0 Å². The molecule has 1 aromatic carbocycles. The van der Waals surface area contributed by atoms with Crippen molar-refractivity contribution in [2.75, 3.05) is 5.32 Å². The molecule has 0 aliphatic rings. The van der Waals surface area contributed by atoms with Gasteiger partial charge in [-0.1, -0.05) is 43.4 Å². The summed E-state index contributed by atoms with van der Waals surface area (Å²) in [4.78, 5) is 4.53. The van der Waals surface area contributed by atoms with Crippen LogP contribution in [-0.4, -0.2) is 9.97 Å². The van der Waals surface area contributed by atoms with Gasteiger partial charge < -0.3 is 11.1 Å². The smallest absolute Gasteiger partial charge is 0.122 e. The molecule has 0 aliphatic heterocycles. The summed E-state index contributed by atoms with van der Waals surface area (Å²) in [5.74, 6) is 0. The molecular formula is C15H17N3S. The number of pyridine rings is 1. The number of hydrogen-bond acceptors (Lipinski definition) is 3. The number of aryl methyl sites for hydroxylation is 1. The number of thiocarbonyl (C=S) groups is 1. The summed E-state index contributed by atoms with van der Waals surface area (Å²) < 4.78 is 0. The second kappa shape index (κ2) is 6.29. The fraction of sp³-hybridized carbons (Fsp3) is 0.200. The molecule has 2 aromatic rings. The number of aromatic nitrogens is 1. The molecule has 2 rings (SSSR count). The lowest BCUT2D eigenvalue weighted by Crippen LogP contribution is -2.11. The monoisotopic (exact) mass is 271 g/mol. The van der Waals surface area contributed by atoms with Crippen molar-refractivity contribution in [3.05, 3.63) is 59.4 Å². The maximum Gasteiger partial charge on any atom is 0.122 e. The molecule has 0 radical (unpaired) electrons. The number of anilines is 1. The number of rotatable bonds is 5. The number of nitrogens with zero attached hydrogens (tertiary/aromatic N) is 1. The first-order chi connectivity index (χ1) is 9.20. The summed E-state index contributed by atoms with van der Waals surface area (Å²) in [5.41, 5.74) is 9.80. The normalized spacial score (nSPS) is 10.2. The van der Waals surface area contributed by atoms with E-state index in [-0.39, 0.29) is 0 Å². The highest BCUT2D eigenvalue weighted by molar-refractivity contribution is 7.80. The molecule has 0 aliphatic carbocycles. The highest BCUT2D eigenvalue weighted by Gasteiger charge is 2.01. The minimum absolute atomic E-state index is 0.322. The van der Waals surface area contributed by atoms with Crippen molar-refractivity contribution in [3.63, 3.8) is 0 Å². The molecule has 0 saturated heterocycles. The van der Waals surface area contributed by atoms with Crippen LogP contribution in [0.1, 0.15) is 23.7 Å². The van der Waals surface area contributed by atoms with E-state index in [1.54, 1.807) is 6.20 Å². The molecule has 0 saturated carbocycles. The minimum atomic E-state index is 0.322. The topological polar surface area (TPSA) is 50.9 Å². The third kappa shape index (κ3) is 3.51. The molecule has 4 heteroatoms. The van der Waals surface area contributed by atoms with Crippen molar-refractivity contribution in [2.45, 2.75) is 19.9 Å². The molecule has 0 spiro atoms. The zero-order chi connectivity index (χ0) is 13.7. The van der Waals surface area contributed by atoms with E-state index in [1.807, 2.05) is 12.1 Å². The molecule has 0 amide bonds. The minimum Gasteiger partial charge on any atom is -0.388 e. The quantitative estimate of drug-likeness (QED) is 0.821. The Bertz CT molecular complexity index is 564. The van der Waals surface area contributed by atoms with Gasteiger partial charge in [0.2, 0.25) is 0 Å². The van der Waals surface area contributed by atoms with E-state index in [0.717, 1.165) is 18.7 Å². The Morgan fingerprint density at radius 2 is 1.95 bits per heavy atom. The molecule has 98 valence electrons. The van der Waals surface area contributed by atoms with Gasteiger partial charge in [0.1, 0.15) is 4.99 Å². The zero-order valence-corrected chi connectivity index (χ0v) is 11.7. The molecule has 0 bridgehead atoms. The molecule has 1 aromatic heterocycles. The van der Waals surface area contributed by atoms with Gasteiger partial charge in [-0.25, -0.2) is 0 Å². The second-order valence-corrected chi connectivity index (χ2v) is 4.71. The number of nitrogens with one attached hydrogen (secondary N) is 1. The van der Waals surface area contributed by atoms with Gasteiger partial charge in [0.25, 0.3) is 0 Å². The van der Waals surface area contributed by atoms with E-state index in [9.17, 15) is 0 Å². The standard InChI is InChI=1S/C15H17N3S/c1-2-11-5-3-4-6-12(11)9-17-13-7-8-14(15(16)19)18-10-13/h3-8,10,17H,2,9H2,1H3,(H2,16,19). The predicted molar refractivity (Wildman–Crippen MR) is 83.3 cm³/mol. The van der Waals surface area contributed by atoms with Crippen molar-refractivity contribution in [2.24, 2.45) is 5.73 Å². The van der Waals surface area contributed by atoms with Gasteiger partial charge in [-0.2, -0.15) is 0 Å². The number of nitrogens with two attached hydrogens (primary N) is 1. The fourth-order valence-corrected chi connectivity index (χ4v) is 2.04. The van der Waals surface area contributed by atoms with Gasteiger partial charge in [-0.15, -0.1) is 0 Å². The van der Waals surface area contributed by atoms with Gasteiger partial charge >= 0.3 is 0 Å². The zero-order valence-electron chi connectivity index (χ0n) is 10.9. The Hall–Kier alpha value is -1.94. The van der Waals surface area contributed by atoms with E-state index in [2.05, 4.69) is 41.5 Å². The van der Waals surface area contributed by atoms with Crippen LogP contribution < -0.4 is 11.1 Å². The van der Waals surface area contributed by atoms with E-state index in [4.69, 9.17) is 18.0 Å². The van der Waals surface area contributed by atoms with Crippen LogP contribution in [0.3, 0.4) is 0 Å². The first kappa shape index (κ1) is 13.5. The predicted octanol–water partition coefficient (Wildman–Crippen LogP) is 2.89. The fourth-order valence-electron chi connectivity index (χ4n) is 1.92. The lowest BCUT2D eigenvalue weighted by atomic mass is 10.1. The van der Waals surface area contributed by atoms with Gasteiger partial charge in [0, 0.05) is 6.54 Å². The van der Waals surface area contributed by atoms with Gasteiger partial charge in [-0.3, -0.25) is 4.98 Å².